The number of aryl methyl sites for hydroxylation is 1. The van der Waals surface area contributed by atoms with E-state index in [9.17, 15) is 14.3 Å². The molecule has 1 fully saturated rings. The maximum atomic E-state index is 14.0. The number of aromatic nitrogens is 1. The van der Waals surface area contributed by atoms with Crippen LogP contribution in [0.2, 0.25) is 0 Å². The number of nitrogens with zero attached hydrogens (tertiary/aromatic N) is 2. The Balaban J connectivity index is 1.64. The molecule has 1 aliphatic rings. The summed E-state index contributed by atoms with van der Waals surface area (Å²) in [5, 5.41) is 9.91. The van der Waals surface area contributed by atoms with E-state index in [0.29, 0.717) is 31.6 Å². The third kappa shape index (κ3) is 4.45. The van der Waals surface area contributed by atoms with E-state index in [1.54, 1.807) is 35.5 Å². The molecule has 1 atom stereocenters. The summed E-state index contributed by atoms with van der Waals surface area (Å²) >= 11 is 0. The van der Waals surface area contributed by atoms with Gasteiger partial charge in [0.1, 0.15) is 11.4 Å². The van der Waals surface area contributed by atoms with Crippen molar-refractivity contribution < 1.29 is 19.0 Å². The molecule has 0 saturated carbocycles. The van der Waals surface area contributed by atoms with Crippen molar-refractivity contribution in [2.24, 2.45) is 0 Å². The quantitative estimate of drug-likeness (QED) is 0.858. The molecule has 2 aromatic rings. The molecule has 1 saturated heterocycles. The number of aliphatic hydroxyl groups excluding tert-OH is 1. The highest BCUT2D eigenvalue weighted by molar-refractivity contribution is 5.76. The molecule has 0 bridgehead atoms. The molecule has 0 radical (unpaired) electrons. The van der Waals surface area contributed by atoms with Crippen LogP contribution >= 0.6 is 0 Å². The maximum Gasteiger partial charge on any atom is 0.223 e. The van der Waals surface area contributed by atoms with Gasteiger partial charge in [0.2, 0.25) is 5.91 Å². The number of rotatable bonds is 6. The minimum Gasteiger partial charge on any atom is -0.393 e. The highest BCUT2D eigenvalue weighted by Gasteiger charge is 2.38. The van der Waals surface area contributed by atoms with Gasteiger partial charge in [-0.1, -0.05) is 24.3 Å². The Morgan fingerprint density at radius 3 is 2.88 bits per heavy atom. The number of amides is 1. The fraction of sp³-hybridized carbons (Fsp3) is 0.400. The minimum absolute atomic E-state index is 0.00325. The molecule has 1 unspecified atom stereocenters. The van der Waals surface area contributed by atoms with Gasteiger partial charge in [-0.3, -0.25) is 9.78 Å². The molecule has 1 aromatic carbocycles. The first-order valence-corrected chi connectivity index (χ1v) is 8.77. The predicted molar refractivity (Wildman–Crippen MR) is 95.0 cm³/mol. The highest BCUT2D eigenvalue weighted by atomic mass is 19.1. The molecule has 0 aliphatic carbocycles. The van der Waals surface area contributed by atoms with Gasteiger partial charge in [-0.2, -0.15) is 0 Å². The van der Waals surface area contributed by atoms with Gasteiger partial charge in [0.15, 0.2) is 0 Å². The molecule has 26 heavy (non-hydrogen) atoms. The van der Waals surface area contributed by atoms with Gasteiger partial charge in [-0.05, 0) is 29.7 Å². The van der Waals surface area contributed by atoms with Crippen LogP contribution in [0.5, 0.6) is 0 Å². The molecule has 5 nitrogen and oxygen atoms in total. The number of aliphatic hydroxyl groups is 1. The second-order valence-corrected chi connectivity index (χ2v) is 6.63. The first-order chi connectivity index (χ1) is 12.6. The number of benzene rings is 1. The van der Waals surface area contributed by atoms with E-state index in [1.165, 1.54) is 6.07 Å². The monoisotopic (exact) mass is 358 g/mol. The lowest BCUT2D eigenvalue weighted by atomic mass is 9.92. The summed E-state index contributed by atoms with van der Waals surface area (Å²) in [6, 6.07) is 10.2. The molecule has 1 N–H and O–H groups in total. The Morgan fingerprint density at radius 2 is 2.15 bits per heavy atom. The summed E-state index contributed by atoms with van der Waals surface area (Å²) < 4.78 is 19.8. The van der Waals surface area contributed by atoms with Gasteiger partial charge in [-0.15, -0.1) is 0 Å². The lowest BCUT2D eigenvalue weighted by Crippen LogP contribution is -2.57. The summed E-state index contributed by atoms with van der Waals surface area (Å²) in [5.41, 5.74) is 0.518. The zero-order chi connectivity index (χ0) is 18.4. The molecule has 0 spiro atoms. The number of carbonyl (C=O) groups excluding carboxylic acids is 1. The summed E-state index contributed by atoms with van der Waals surface area (Å²) in [6.45, 7) is 0.788. The van der Waals surface area contributed by atoms with Crippen LogP contribution < -0.4 is 0 Å². The van der Waals surface area contributed by atoms with Crippen LogP contribution in [-0.4, -0.2) is 52.8 Å². The standard InChI is InChI=1S/C20H23FN2O3/c21-18-6-2-1-5-17(18)12-20(15-24)14-23(10-11-26-20)19(25)8-7-16-4-3-9-22-13-16/h1-6,9,13,24H,7-8,10-12,14-15H2. The van der Waals surface area contributed by atoms with E-state index >= 15 is 0 Å². The normalized spacial score (nSPS) is 20.2. The van der Waals surface area contributed by atoms with Crippen molar-refractivity contribution in [1.82, 2.24) is 9.88 Å². The van der Waals surface area contributed by atoms with E-state index in [1.807, 2.05) is 12.1 Å². The van der Waals surface area contributed by atoms with Crippen molar-refractivity contribution >= 4 is 5.91 Å². The van der Waals surface area contributed by atoms with Crippen molar-refractivity contribution in [3.05, 3.63) is 65.7 Å². The molecule has 6 heteroatoms. The first-order valence-electron chi connectivity index (χ1n) is 8.77. The van der Waals surface area contributed by atoms with Gasteiger partial charge >= 0.3 is 0 Å². The number of hydrogen-bond acceptors (Lipinski definition) is 4. The lowest BCUT2D eigenvalue weighted by Gasteiger charge is -2.42. The largest absolute Gasteiger partial charge is 0.393 e. The van der Waals surface area contributed by atoms with Crippen LogP contribution in [-0.2, 0) is 22.4 Å². The minimum atomic E-state index is -0.968. The topological polar surface area (TPSA) is 62.7 Å². The SMILES string of the molecule is O=C(CCc1cccnc1)N1CCOC(CO)(Cc2ccccc2F)C1. The van der Waals surface area contributed by atoms with Crippen LogP contribution in [0.15, 0.2) is 48.8 Å². The fourth-order valence-electron chi connectivity index (χ4n) is 3.26. The highest BCUT2D eigenvalue weighted by Crippen LogP contribution is 2.25. The van der Waals surface area contributed by atoms with Gasteiger partial charge in [0, 0.05) is 31.8 Å². The molecular weight excluding hydrogens is 335 g/mol. The molecule has 1 aromatic heterocycles. The van der Waals surface area contributed by atoms with E-state index in [2.05, 4.69) is 4.98 Å². The van der Waals surface area contributed by atoms with Crippen molar-refractivity contribution in [3.63, 3.8) is 0 Å². The van der Waals surface area contributed by atoms with Crippen molar-refractivity contribution in [1.29, 1.82) is 0 Å². The van der Waals surface area contributed by atoms with E-state index in [0.717, 1.165) is 5.56 Å². The zero-order valence-corrected chi connectivity index (χ0v) is 14.6. The number of morpholine rings is 1. The molecule has 2 heterocycles. The molecular formula is C20H23FN2O3. The van der Waals surface area contributed by atoms with E-state index < -0.39 is 5.60 Å². The average Bonchev–Trinajstić information content (AvgIpc) is 2.69. The molecule has 138 valence electrons. The fourth-order valence-corrected chi connectivity index (χ4v) is 3.26. The third-order valence-electron chi connectivity index (χ3n) is 4.71. The second kappa shape index (κ2) is 8.38. The van der Waals surface area contributed by atoms with Crippen LogP contribution in [0, 0.1) is 5.82 Å². The van der Waals surface area contributed by atoms with Gasteiger partial charge in [0.25, 0.3) is 0 Å². The third-order valence-corrected chi connectivity index (χ3v) is 4.71. The summed E-state index contributed by atoms with van der Waals surface area (Å²) in [6.07, 6.45) is 4.66. The molecule has 3 rings (SSSR count). The summed E-state index contributed by atoms with van der Waals surface area (Å²) in [7, 11) is 0. The predicted octanol–water partition coefficient (Wildman–Crippen LogP) is 1.99. The summed E-state index contributed by atoms with van der Waals surface area (Å²) in [5.74, 6) is -0.326. The van der Waals surface area contributed by atoms with Crippen LogP contribution in [0.1, 0.15) is 17.5 Å². The number of pyridine rings is 1. The van der Waals surface area contributed by atoms with Crippen LogP contribution in [0.3, 0.4) is 0 Å². The number of carbonyl (C=O) groups is 1. The van der Waals surface area contributed by atoms with Gasteiger partial charge in [0.05, 0.1) is 19.8 Å². The van der Waals surface area contributed by atoms with Gasteiger partial charge in [-0.25, -0.2) is 4.39 Å². The maximum absolute atomic E-state index is 14.0. The number of ether oxygens (including phenoxy) is 1. The Bertz CT molecular complexity index is 741. The lowest BCUT2D eigenvalue weighted by molar-refractivity contribution is -0.158. The second-order valence-electron chi connectivity index (χ2n) is 6.63. The first kappa shape index (κ1) is 18.5. The van der Waals surface area contributed by atoms with Gasteiger partial charge < -0.3 is 14.7 Å². The average molecular weight is 358 g/mol. The molecule has 1 aliphatic heterocycles. The van der Waals surface area contributed by atoms with Crippen molar-refractivity contribution in [3.8, 4) is 0 Å². The Morgan fingerprint density at radius 1 is 1.31 bits per heavy atom. The Kier molecular flexibility index (Phi) is 5.96. The molecule has 1 amide bonds. The Hall–Kier alpha value is -2.31. The van der Waals surface area contributed by atoms with E-state index in [4.69, 9.17) is 4.74 Å². The zero-order valence-electron chi connectivity index (χ0n) is 14.6. The number of hydrogen-bond donors (Lipinski definition) is 1. The Labute approximate surface area is 152 Å². The van der Waals surface area contributed by atoms with E-state index in [-0.39, 0.29) is 31.3 Å². The smallest absolute Gasteiger partial charge is 0.223 e. The summed E-state index contributed by atoms with van der Waals surface area (Å²) in [4.78, 5) is 18.3. The van der Waals surface area contributed by atoms with Crippen LogP contribution in [0.4, 0.5) is 4.39 Å². The van der Waals surface area contributed by atoms with Crippen LogP contribution in [0.25, 0.3) is 0 Å². The van der Waals surface area contributed by atoms with Crippen molar-refractivity contribution in [2.75, 3.05) is 26.3 Å². The van der Waals surface area contributed by atoms with Crippen molar-refractivity contribution in [2.45, 2.75) is 24.9 Å². The number of halogens is 1.